The van der Waals surface area contributed by atoms with Crippen LogP contribution in [0.3, 0.4) is 0 Å². The summed E-state index contributed by atoms with van der Waals surface area (Å²) in [7, 11) is 0. The van der Waals surface area contributed by atoms with Crippen LogP contribution in [0, 0.1) is 0 Å². The van der Waals surface area contributed by atoms with E-state index in [1.807, 2.05) is 54.6 Å². The third kappa shape index (κ3) is 3.74. The molecule has 0 fully saturated rings. The van der Waals surface area contributed by atoms with Crippen LogP contribution >= 0.6 is 0 Å². The van der Waals surface area contributed by atoms with Crippen LogP contribution in [0.5, 0.6) is 0 Å². The third-order valence-electron chi connectivity index (χ3n) is 3.49. The molecule has 1 amide bonds. The Morgan fingerprint density at radius 3 is 2.17 bits per heavy atom. The summed E-state index contributed by atoms with van der Waals surface area (Å²) in [5.41, 5.74) is 2.73. The molecule has 114 valence electrons. The molecule has 1 N–H and O–H groups in total. The lowest BCUT2D eigenvalue weighted by molar-refractivity contribution is -0.116. The summed E-state index contributed by atoms with van der Waals surface area (Å²) in [4.78, 5) is 23.6. The van der Waals surface area contributed by atoms with E-state index >= 15 is 0 Å². The maximum absolute atomic E-state index is 12.0. The van der Waals surface area contributed by atoms with Crippen molar-refractivity contribution in [2.75, 3.05) is 5.32 Å². The molecule has 3 aromatic rings. The van der Waals surface area contributed by atoms with Gasteiger partial charge in [-0.25, -0.2) is 0 Å². The number of amides is 1. The monoisotopic (exact) mass is 304 g/mol. The minimum absolute atomic E-state index is 0.000109. The van der Waals surface area contributed by atoms with E-state index in [4.69, 9.17) is 0 Å². The van der Waals surface area contributed by atoms with Crippen molar-refractivity contribution < 1.29 is 4.79 Å². The Morgan fingerprint density at radius 1 is 0.826 bits per heavy atom. The molecule has 3 rings (SSSR count). The van der Waals surface area contributed by atoms with Gasteiger partial charge in [0, 0.05) is 18.0 Å². The summed E-state index contributed by atoms with van der Waals surface area (Å²) >= 11 is 0. The van der Waals surface area contributed by atoms with Crippen molar-refractivity contribution in [2.45, 2.75) is 6.54 Å². The van der Waals surface area contributed by atoms with Gasteiger partial charge in [-0.1, -0.05) is 48.5 Å². The van der Waals surface area contributed by atoms with Gasteiger partial charge in [0.1, 0.15) is 6.54 Å². The number of nitrogens with one attached hydrogen (secondary N) is 1. The summed E-state index contributed by atoms with van der Waals surface area (Å²) in [6.07, 6.45) is 1.60. The first-order chi connectivity index (χ1) is 11.2. The van der Waals surface area contributed by atoms with Gasteiger partial charge in [0.2, 0.25) is 5.91 Å². The Balaban J connectivity index is 1.68. The zero-order valence-electron chi connectivity index (χ0n) is 12.5. The summed E-state index contributed by atoms with van der Waals surface area (Å²) in [6.45, 7) is 0.000109. The Bertz CT molecular complexity index is 852. The standard InChI is InChI=1S/C19H16N2O2/c22-18(14-21-13-5-4-8-19(21)23)20-17-11-9-16(10-12-17)15-6-2-1-3-7-15/h1-13H,14H2,(H,20,22). The molecular weight excluding hydrogens is 288 g/mol. The van der Waals surface area contributed by atoms with Gasteiger partial charge < -0.3 is 9.88 Å². The topological polar surface area (TPSA) is 51.1 Å². The van der Waals surface area contributed by atoms with Gasteiger partial charge in [0.15, 0.2) is 0 Å². The van der Waals surface area contributed by atoms with Crippen molar-refractivity contribution in [3.63, 3.8) is 0 Å². The van der Waals surface area contributed by atoms with Crippen molar-refractivity contribution in [1.82, 2.24) is 4.57 Å². The van der Waals surface area contributed by atoms with Gasteiger partial charge in [-0.15, -0.1) is 0 Å². The minimum Gasteiger partial charge on any atom is -0.325 e. The largest absolute Gasteiger partial charge is 0.325 e. The van der Waals surface area contributed by atoms with Gasteiger partial charge in [-0.3, -0.25) is 9.59 Å². The molecule has 0 aliphatic rings. The molecule has 0 spiro atoms. The van der Waals surface area contributed by atoms with Gasteiger partial charge >= 0.3 is 0 Å². The molecule has 0 aliphatic heterocycles. The smallest absolute Gasteiger partial charge is 0.250 e. The van der Waals surface area contributed by atoms with Crippen LogP contribution in [0.15, 0.2) is 83.8 Å². The molecule has 4 heteroatoms. The van der Waals surface area contributed by atoms with Crippen LogP contribution in [-0.2, 0) is 11.3 Å². The van der Waals surface area contributed by atoms with Crippen molar-refractivity contribution in [1.29, 1.82) is 0 Å². The molecular formula is C19H16N2O2. The summed E-state index contributed by atoms with van der Waals surface area (Å²) in [5, 5.41) is 2.80. The van der Waals surface area contributed by atoms with E-state index in [1.54, 1.807) is 18.3 Å². The molecule has 0 bridgehead atoms. The van der Waals surface area contributed by atoms with Gasteiger partial charge in [-0.2, -0.15) is 0 Å². The van der Waals surface area contributed by atoms with Gasteiger partial charge in [0.25, 0.3) is 5.56 Å². The first-order valence-corrected chi connectivity index (χ1v) is 7.33. The number of rotatable bonds is 4. The van der Waals surface area contributed by atoms with Crippen LogP contribution in [-0.4, -0.2) is 10.5 Å². The highest BCUT2D eigenvalue weighted by atomic mass is 16.2. The average Bonchev–Trinajstić information content (AvgIpc) is 2.58. The molecule has 0 unspecified atom stereocenters. The number of benzene rings is 2. The van der Waals surface area contributed by atoms with E-state index in [9.17, 15) is 9.59 Å². The Labute approximate surface area is 134 Å². The maximum atomic E-state index is 12.0. The van der Waals surface area contributed by atoms with Crippen LogP contribution < -0.4 is 10.9 Å². The Kier molecular flexibility index (Phi) is 4.34. The fourth-order valence-electron chi connectivity index (χ4n) is 2.32. The zero-order valence-corrected chi connectivity index (χ0v) is 12.5. The highest BCUT2D eigenvalue weighted by molar-refractivity contribution is 5.90. The number of aromatic nitrogens is 1. The van der Waals surface area contributed by atoms with Crippen molar-refractivity contribution in [3.8, 4) is 11.1 Å². The lowest BCUT2D eigenvalue weighted by Crippen LogP contribution is -2.26. The second kappa shape index (κ2) is 6.75. The molecule has 1 heterocycles. The SMILES string of the molecule is O=C(Cn1ccccc1=O)Nc1ccc(-c2ccccc2)cc1. The number of carbonyl (C=O) groups excluding carboxylic acids is 1. The number of pyridine rings is 1. The molecule has 0 aliphatic carbocycles. The molecule has 2 aromatic carbocycles. The molecule has 0 saturated heterocycles. The van der Waals surface area contributed by atoms with E-state index in [-0.39, 0.29) is 18.0 Å². The average molecular weight is 304 g/mol. The third-order valence-corrected chi connectivity index (χ3v) is 3.49. The second-order valence-electron chi connectivity index (χ2n) is 5.16. The van der Waals surface area contributed by atoms with E-state index in [0.717, 1.165) is 11.1 Å². The normalized spacial score (nSPS) is 10.3. The minimum atomic E-state index is -0.231. The quantitative estimate of drug-likeness (QED) is 0.805. The van der Waals surface area contributed by atoms with Crippen molar-refractivity contribution >= 4 is 11.6 Å². The fourth-order valence-corrected chi connectivity index (χ4v) is 2.32. The molecule has 0 atom stereocenters. The van der Waals surface area contributed by atoms with Crippen LogP contribution in [0.4, 0.5) is 5.69 Å². The predicted molar refractivity (Wildman–Crippen MR) is 91.2 cm³/mol. The van der Waals surface area contributed by atoms with Gasteiger partial charge in [-0.05, 0) is 29.3 Å². The molecule has 0 saturated carbocycles. The summed E-state index contributed by atoms with van der Waals surface area (Å²) < 4.78 is 1.37. The van der Waals surface area contributed by atoms with E-state index in [1.165, 1.54) is 10.6 Å². The highest BCUT2D eigenvalue weighted by Crippen LogP contribution is 2.20. The van der Waals surface area contributed by atoms with Gasteiger partial charge in [0.05, 0.1) is 0 Å². The van der Waals surface area contributed by atoms with E-state index in [0.29, 0.717) is 5.69 Å². The van der Waals surface area contributed by atoms with Crippen LogP contribution in [0.1, 0.15) is 0 Å². The first kappa shape index (κ1) is 14.8. The lowest BCUT2D eigenvalue weighted by Gasteiger charge is -2.08. The lowest BCUT2D eigenvalue weighted by atomic mass is 10.1. The number of nitrogens with zero attached hydrogens (tertiary/aromatic N) is 1. The van der Waals surface area contributed by atoms with Crippen molar-refractivity contribution in [3.05, 3.63) is 89.3 Å². The number of hydrogen-bond donors (Lipinski definition) is 1. The maximum Gasteiger partial charge on any atom is 0.250 e. The molecule has 23 heavy (non-hydrogen) atoms. The summed E-state index contributed by atoms with van der Waals surface area (Å²) in [5.74, 6) is -0.231. The summed E-state index contributed by atoms with van der Waals surface area (Å²) in [6, 6.07) is 22.5. The molecule has 4 nitrogen and oxygen atoms in total. The zero-order chi connectivity index (χ0) is 16.1. The predicted octanol–water partition coefficient (Wildman–Crippen LogP) is 3.15. The van der Waals surface area contributed by atoms with E-state index < -0.39 is 0 Å². The highest BCUT2D eigenvalue weighted by Gasteiger charge is 2.05. The van der Waals surface area contributed by atoms with Crippen LogP contribution in [0.2, 0.25) is 0 Å². The second-order valence-corrected chi connectivity index (χ2v) is 5.16. The number of anilines is 1. The number of carbonyl (C=O) groups is 1. The van der Waals surface area contributed by atoms with E-state index in [2.05, 4.69) is 5.32 Å². The first-order valence-electron chi connectivity index (χ1n) is 7.33. The molecule has 1 aromatic heterocycles. The number of hydrogen-bond acceptors (Lipinski definition) is 2. The fraction of sp³-hybridized carbons (Fsp3) is 0.0526. The molecule has 0 radical (unpaired) electrons. The Morgan fingerprint density at radius 2 is 1.48 bits per heavy atom. The Hall–Kier alpha value is -3.14. The van der Waals surface area contributed by atoms with Crippen LogP contribution in [0.25, 0.3) is 11.1 Å². The van der Waals surface area contributed by atoms with Crippen molar-refractivity contribution in [2.24, 2.45) is 0 Å².